The van der Waals surface area contributed by atoms with Crippen molar-refractivity contribution in [2.75, 3.05) is 10.2 Å². The van der Waals surface area contributed by atoms with Crippen LogP contribution in [0, 0.1) is 5.41 Å². The van der Waals surface area contributed by atoms with Crippen molar-refractivity contribution in [1.82, 2.24) is 4.57 Å². The fraction of sp³-hybridized carbons (Fsp3) is 0.120. The topological polar surface area (TPSA) is 61.1 Å². The highest BCUT2D eigenvalue weighted by atomic mass is 32.2. The summed E-state index contributed by atoms with van der Waals surface area (Å²) in [6, 6.07) is 22.5. The number of amidine groups is 1. The molecule has 0 bridgehead atoms. The largest absolute Gasteiger partial charge is 0.349 e. The van der Waals surface area contributed by atoms with E-state index in [0.717, 1.165) is 44.3 Å². The fourth-order valence-electron chi connectivity index (χ4n) is 4.61. The first-order valence-corrected chi connectivity index (χ1v) is 11.2. The zero-order chi connectivity index (χ0) is 21.1. The molecule has 1 saturated heterocycles. The highest BCUT2D eigenvalue weighted by Crippen LogP contribution is 2.44. The third-order valence-electron chi connectivity index (χ3n) is 6.04. The maximum atomic E-state index is 13.0. The number of nitrogens with zero attached hydrogens (tertiary/aromatic N) is 2. The van der Waals surface area contributed by atoms with Gasteiger partial charge in [0.1, 0.15) is 5.84 Å². The lowest BCUT2D eigenvalue weighted by molar-refractivity contribution is -0.116. The van der Waals surface area contributed by atoms with Crippen LogP contribution in [0.2, 0.25) is 0 Å². The lowest BCUT2D eigenvalue weighted by Gasteiger charge is -2.16. The molecule has 3 heterocycles. The van der Waals surface area contributed by atoms with Crippen molar-refractivity contribution in [1.29, 1.82) is 5.41 Å². The molecule has 0 unspecified atom stereocenters. The Hall–Kier alpha value is -3.51. The summed E-state index contributed by atoms with van der Waals surface area (Å²) in [5, 5.41) is 15.3. The van der Waals surface area contributed by atoms with Gasteiger partial charge in [0, 0.05) is 38.8 Å². The number of aryl methyl sites for hydroxylation is 1. The quantitative estimate of drug-likeness (QED) is 0.417. The minimum Gasteiger partial charge on any atom is -0.349 e. The van der Waals surface area contributed by atoms with Gasteiger partial charge >= 0.3 is 0 Å². The average Bonchev–Trinajstić information content (AvgIpc) is 3.44. The zero-order valence-corrected chi connectivity index (χ0v) is 17.8. The summed E-state index contributed by atoms with van der Waals surface area (Å²) >= 11 is 1.59. The highest BCUT2D eigenvalue weighted by Gasteiger charge is 2.36. The molecule has 0 saturated carbocycles. The van der Waals surface area contributed by atoms with Crippen LogP contribution in [0.25, 0.3) is 21.8 Å². The number of para-hydroxylation sites is 2. The Morgan fingerprint density at radius 1 is 1.00 bits per heavy atom. The van der Waals surface area contributed by atoms with E-state index in [4.69, 9.17) is 5.41 Å². The minimum atomic E-state index is -0.0653. The molecule has 1 fully saturated rings. The van der Waals surface area contributed by atoms with Gasteiger partial charge in [0.05, 0.1) is 22.8 Å². The number of rotatable bonds is 2. The molecule has 4 aromatic rings. The number of thioether (sulfide) groups is 1. The number of benzene rings is 3. The Labute approximate surface area is 183 Å². The van der Waals surface area contributed by atoms with E-state index in [2.05, 4.69) is 47.1 Å². The number of carbonyl (C=O) groups is 1. The Morgan fingerprint density at radius 3 is 2.61 bits per heavy atom. The van der Waals surface area contributed by atoms with Gasteiger partial charge in [-0.25, -0.2) is 0 Å². The number of nitrogens with one attached hydrogen (secondary N) is 2. The van der Waals surface area contributed by atoms with Gasteiger partial charge < -0.3 is 9.88 Å². The molecule has 2 N–H and O–H groups in total. The molecule has 1 aromatic heterocycles. The molecule has 2 aliphatic rings. The number of amides is 1. The average molecular weight is 425 g/mol. The summed E-state index contributed by atoms with van der Waals surface area (Å²) < 4.78 is 2.29. The second kappa shape index (κ2) is 6.75. The molecule has 1 amide bonds. The molecule has 0 spiro atoms. The molecule has 3 aromatic carbocycles. The number of hydrogen-bond donors (Lipinski definition) is 2. The normalized spacial score (nSPS) is 18.3. The lowest BCUT2D eigenvalue weighted by Crippen LogP contribution is -2.28. The fourth-order valence-corrected chi connectivity index (χ4v) is 5.66. The molecule has 0 aliphatic carbocycles. The second-order valence-electron chi connectivity index (χ2n) is 7.75. The van der Waals surface area contributed by atoms with E-state index < -0.39 is 0 Å². The molecule has 6 rings (SSSR count). The monoisotopic (exact) mass is 424 g/mol. The van der Waals surface area contributed by atoms with Crippen molar-refractivity contribution >= 4 is 56.7 Å². The van der Waals surface area contributed by atoms with E-state index in [-0.39, 0.29) is 18.2 Å². The van der Waals surface area contributed by atoms with Crippen molar-refractivity contribution in [3.8, 4) is 0 Å². The van der Waals surface area contributed by atoms with Gasteiger partial charge in [-0.3, -0.25) is 15.1 Å². The summed E-state index contributed by atoms with van der Waals surface area (Å²) in [5.74, 6) is 0.191. The SMILES string of the molecule is CCn1c2ccccc2c2cc(N3C(=N)C(=C4Nc5ccccc5S4)CC3=O)ccc21. The Bertz CT molecular complexity index is 1420. The number of anilines is 2. The lowest BCUT2D eigenvalue weighted by atomic mass is 10.1. The molecule has 0 atom stereocenters. The third kappa shape index (κ3) is 2.65. The van der Waals surface area contributed by atoms with E-state index in [0.29, 0.717) is 0 Å². The van der Waals surface area contributed by atoms with Gasteiger partial charge in [-0.1, -0.05) is 42.1 Å². The summed E-state index contributed by atoms with van der Waals surface area (Å²) in [4.78, 5) is 15.7. The van der Waals surface area contributed by atoms with Crippen LogP contribution in [0.4, 0.5) is 11.4 Å². The molecule has 31 heavy (non-hydrogen) atoms. The maximum absolute atomic E-state index is 13.0. The predicted octanol–water partition coefficient (Wildman–Crippen LogP) is 5.96. The van der Waals surface area contributed by atoms with Gasteiger partial charge in [-0.05, 0) is 43.3 Å². The van der Waals surface area contributed by atoms with Gasteiger partial charge in [0.2, 0.25) is 5.91 Å². The number of aromatic nitrogens is 1. The van der Waals surface area contributed by atoms with Crippen LogP contribution in [-0.2, 0) is 11.3 Å². The van der Waals surface area contributed by atoms with Gasteiger partial charge in [-0.15, -0.1) is 0 Å². The minimum absolute atomic E-state index is 0.0653. The molecule has 152 valence electrons. The van der Waals surface area contributed by atoms with Crippen molar-refractivity contribution in [3.05, 3.63) is 77.3 Å². The molecule has 2 aliphatic heterocycles. The second-order valence-corrected chi connectivity index (χ2v) is 8.80. The maximum Gasteiger partial charge on any atom is 0.237 e. The number of carbonyl (C=O) groups excluding carboxylic acids is 1. The summed E-state index contributed by atoms with van der Waals surface area (Å²) in [6.07, 6.45) is 0.233. The van der Waals surface area contributed by atoms with E-state index in [1.165, 1.54) is 10.9 Å². The molecule has 5 nitrogen and oxygen atoms in total. The van der Waals surface area contributed by atoms with Crippen LogP contribution >= 0.6 is 11.8 Å². The number of fused-ring (bicyclic) bond motifs is 4. The van der Waals surface area contributed by atoms with Crippen LogP contribution in [0.3, 0.4) is 0 Å². The van der Waals surface area contributed by atoms with Crippen LogP contribution in [-0.4, -0.2) is 16.3 Å². The van der Waals surface area contributed by atoms with E-state index >= 15 is 0 Å². The van der Waals surface area contributed by atoms with Crippen molar-refractivity contribution in [2.45, 2.75) is 24.8 Å². The van der Waals surface area contributed by atoms with Crippen molar-refractivity contribution in [2.24, 2.45) is 0 Å². The van der Waals surface area contributed by atoms with E-state index in [1.807, 2.05) is 36.4 Å². The van der Waals surface area contributed by atoms with E-state index in [1.54, 1.807) is 16.7 Å². The van der Waals surface area contributed by atoms with Crippen LogP contribution in [0.1, 0.15) is 13.3 Å². The summed E-state index contributed by atoms with van der Waals surface area (Å²) in [7, 11) is 0. The zero-order valence-electron chi connectivity index (χ0n) is 17.0. The molecule has 0 radical (unpaired) electrons. The first-order chi connectivity index (χ1) is 15.2. The standard InChI is InChI=1S/C25H20N4OS/c1-2-28-20-9-5-3-7-16(20)17-13-15(11-12-21(17)28)29-23(30)14-18(24(29)26)25-27-19-8-4-6-10-22(19)31-25/h3-13,26-27H,2,14H2,1H3. The first-order valence-electron chi connectivity index (χ1n) is 10.4. The number of hydrogen-bond acceptors (Lipinski definition) is 4. The third-order valence-corrected chi connectivity index (χ3v) is 7.17. The summed E-state index contributed by atoms with van der Waals surface area (Å²) in [5.41, 5.74) is 4.86. The Kier molecular flexibility index (Phi) is 3.98. The van der Waals surface area contributed by atoms with Crippen molar-refractivity contribution in [3.63, 3.8) is 0 Å². The molecular formula is C25H20N4OS. The molecule has 6 heteroatoms. The van der Waals surface area contributed by atoms with Gasteiger partial charge in [-0.2, -0.15) is 0 Å². The molecular weight excluding hydrogens is 404 g/mol. The van der Waals surface area contributed by atoms with Crippen LogP contribution in [0.15, 0.2) is 82.2 Å². The smallest absolute Gasteiger partial charge is 0.237 e. The first kappa shape index (κ1) is 18.3. The van der Waals surface area contributed by atoms with Gasteiger partial charge in [0.25, 0.3) is 0 Å². The van der Waals surface area contributed by atoms with Crippen LogP contribution < -0.4 is 10.2 Å². The Morgan fingerprint density at radius 2 is 1.77 bits per heavy atom. The van der Waals surface area contributed by atoms with Crippen molar-refractivity contribution < 1.29 is 4.79 Å². The predicted molar refractivity (Wildman–Crippen MR) is 128 cm³/mol. The highest BCUT2D eigenvalue weighted by molar-refractivity contribution is 8.03. The summed E-state index contributed by atoms with van der Waals surface area (Å²) in [6.45, 7) is 3.02. The van der Waals surface area contributed by atoms with E-state index in [9.17, 15) is 4.79 Å². The van der Waals surface area contributed by atoms with Crippen LogP contribution in [0.5, 0.6) is 0 Å². The Balaban J connectivity index is 1.44. The van der Waals surface area contributed by atoms with Gasteiger partial charge in [0.15, 0.2) is 0 Å².